The molecular weight excluding hydrogens is 239 g/mol. The summed E-state index contributed by atoms with van der Waals surface area (Å²) in [6, 6.07) is 7.22. The molecule has 2 N–H and O–H groups in total. The van der Waals surface area contributed by atoms with E-state index in [1.165, 1.54) is 24.5 Å². The van der Waals surface area contributed by atoms with Gasteiger partial charge in [0.15, 0.2) is 0 Å². The standard InChI is InChI=1S/C16H19FN2/c1-11-8-15(17)5-4-13(11)9-19-7-6-14(10-19)16(18)12-2-3-12/h4-8,10,12,16H,2-3,9,18H2,1H3. The van der Waals surface area contributed by atoms with Crippen LogP contribution in [0.25, 0.3) is 0 Å². The van der Waals surface area contributed by atoms with Crippen molar-refractivity contribution < 1.29 is 4.39 Å². The van der Waals surface area contributed by atoms with E-state index in [1.54, 1.807) is 6.07 Å². The van der Waals surface area contributed by atoms with Crippen molar-refractivity contribution >= 4 is 0 Å². The van der Waals surface area contributed by atoms with E-state index < -0.39 is 0 Å². The Morgan fingerprint density at radius 1 is 1.37 bits per heavy atom. The number of aromatic nitrogens is 1. The number of hydrogen-bond donors (Lipinski definition) is 1. The highest BCUT2D eigenvalue weighted by Crippen LogP contribution is 2.39. The van der Waals surface area contributed by atoms with Crippen LogP contribution in [0.2, 0.25) is 0 Å². The summed E-state index contributed by atoms with van der Waals surface area (Å²) in [5.74, 6) is 0.494. The lowest BCUT2D eigenvalue weighted by molar-refractivity contribution is 0.623. The van der Waals surface area contributed by atoms with Crippen molar-refractivity contribution in [1.82, 2.24) is 4.57 Å². The monoisotopic (exact) mass is 258 g/mol. The molecule has 0 spiro atoms. The average molecular weight is 258 g/mol. The minimum Gasteiger partial charge on any atom is -0.350 e. The van der Waals surface area contributed by atoms with Crippen molar-refractivity contribution in [3.63, 3.8) is 0 Å². The Labute approximate surface area is 113 Å². The van der Waals surface area contributed by atoms with Crippen LogP contribution in [0.3, 0.4) is 0 Å². The summed E-state index contributed by atoms with van der Waals surface area (Å²) in [5, 5.41) is 0. The summed E-state index contributed by atoms with van der Waals surface area (Å²) in [6.45, 7) is 2.71. The number of benzene rings is 1. The molecule has 0 radical (unpaired) electrons. The van der Waals surface area contributed by atoms with Crippen LogP contribution < -0.4 is 5.73 Å². The van der Waals surface area contributed by atoms with Crippen LogP contribution in [0.4, 0.5) is 4.39 Å². The van der Waals surface area contributed by atoms with Gasteiger partial charge in [0.2, 0.25) is 0 Å². The largest absolute Gasteiger partial charge is 0.350 e. The molecular formula is C16H19FN2. The predicted molar refractivity (Wildman–Crippen MR) is 74.3 cm³/mol. The van der Waals surface area contributed by atoms with Gasteiger partial charge in [-0.2, -0.15) is 0 Å². The molecule has 1 aromatic heterocycles. The van der Waals surface area contributed by atoms with Gasteiger partial charge in [-0.3, -0.25) is 0 Å². The van der Waals surface area contributed by atoms with Crippen LogP contribution in [-0.2, 0) is 6.54 Å². The van der Waals surface area contributed by atoms with Crippen molar-refractivity contribution in [1.29, 1.82) is 0 Å². The molecule has 0 saturated heterocycles. The van der Waals surface area contributed by atoms with Gasteiger partial charge in [-0.25, -0.2) is 4.39 Å². The van der Waals surface area contributed by atoms with Crippen molar-refractivity contribution in [2.24, 2.45) is 11.7 Å². The normalized spacial score (nSPS) is 16.6. The summed E-state index contributed by atoms with van der Waals surface area (Å²) in [7, 11) is 0. The Morgan fingerprint density at radius 2 is 2.16 bits per heavy atom. The molecule has 0 amide bonds. The maximum absolute atomic E-state index is 13.1. The molecule has 100 valence electrons. The average Bonchev–Trinajstić information content (AvgIpc) is 3.12. The minimum atomic E-state index is -0.176. The van der Waals surface area contributed by atoms with Crippen LogP contribution >= 0.6 is 0 Å². The first-order valence-corrected chi connectivity index (χ1v) is 6.80. The van der Waals surface area contributed by atoms with Crippen molar-refractivity contribution in [2.45, 2.75) is 32.4 Å². The molecule has 2 aromatic rings. The Bertz CT molecular complexity index is 584. The summed E-state index contributed by atoms with van der Waals surface area (Å²) in [5.41, 5.74) is 9.53. The van der Waals surface area contributed by atoms with E-state index in [9.17, 15) is 4.39 Å². The lowest BCUT2D eigenvalue weighted by Crippen LogP contribution is -2.11. The van der Waals surface area contributed by atoms with Crippen LogP contribution in [-0.4, -0.2) is 4.57 Å². The molecule has 1 aliphatic carbocycles. The zero-order valence-electron chi connectivity index (χ0n) is 11.1. The van der Waals surface area contributed by atoms with Crippen LogP contribution in [0.1, 0.15) is 35.6 Å². The molecule has 1 heterocycles. The number of aryl methyl sites for hydroxylation is 1. The zero-order chi connectivity index (χ0) is 13.4. The van der Waals surface area contributed by atoms with Gasteiger partial charge in [0.25, 0.3) is 0 Å². The molecule has 3 heteroatoms. The van der Waals surface area contributed by atoms with Gasteiger partial charge in [0, 0.05) is 25.0 Å². The molecule has 1 saturated carbocycles. The third kappa shape index (κ3) is 2.71. The number of nitrogens with zero attached hydrogens (tertiary/aromatic N) is 1. The second-order valence-corrected chi connectivity index (χ2v) is 5.55. The number of rotatable bonds is 4. The molecule has 2 nitrogen and oxygen atoms in total. The number of hydrogen-bond acceptors (Lipinski definition) is 1. The molecule has 1 atom stereocenters. The smallest absolute Gasteiger partial charge is 0.123 e. The lowest BCUT2D eigenvalue weighted by atomic mass is 10.1. The van der Waals surface area contributed by atoms with Gasteiger partial charge in [-0.1, -0.05) is 6.07 Å². The van der Waals surface area contributed by atoms with E-state index >= 15 is 0 Å². The quantitative estimate of drug-likeness (QED) is 0.895. The molecule has 0 bridgehead atoms. The van der Waals surface area contributed by atoms with E-state index in [1.807, 2.05) is 13.0 Å². The number of nitrogens with two attached hydrogens (primary N) is 1. The third-order valence-corrected chi connectivity index (χ3v) is 3.95. The number of halogens is 1. The highest BCUT2D eigenvalue weighted by Gasteiger charge is 2.29. The maximum atomic E-state index is 13.1. The SMILES string of the molecule is Cc1cc(F)ccc1Cn1ccc(C(N)C2CC2)c1. The molecule has 0 aliphatic heterocycles. The molecule has 19 heavy (non-hydrogen) atoms. The third-order valence-electron chi connectivity index (χ3n) is 3.95. The first-order valence-electron chi connectivity index (χ1n) is 6.80. The Balaban J connectivity index is 1.76. The van der Waals surface area contributed by atoms with Crippen molar-refractivity contribution in [3.8, 4) is 0 Å². The molecule has 1 aromatic carbocycles. The topological polar surface area (TPSA) is 30.9 Å². The fraction of sp³-hybridized carbons (Fsp3) is 0.375. The Morgan fingerprint density at radius 3 is 2.84 bits per heavy atom. The zero-order valence-corrected chi connectivity index (χ0v) is 11.1. The fourth-order valence-electron chi connectivity index (χ4n) is 2.52. The van der Waals surface area contributed by atoms with Crippen molar-refractivity contribution in [2.75, 3.05) is 0 Å². The highest BCUT2D eigenvalue weighted by molar-refractivity contribution is 5.27. The van der Waals surface area contributed by atoms with Gasteiger partial charge in [0.05, 0.1) is 0 Å². The fourth-order valence-corrected chi connectivity index (χ4v) is 2.52. The van der Waals surface area contributed by atoms with Crippen LogP contribution in [0, 0.1) is 18.7 Å². The summed E-state index contributed by atoms with van der Waals surface area (Å²) >= 11 is 0. The maximum Gasteiger partial charge on any atom is 0.123 e. The highest BCUT2D eigenvalue weighted by atomic mass is 19.1. The van der Waals surface area contributed by atoms with Crippen LogP contribution in [0.5, 0.6) is 0 Å². The lowest BCUT2D eigenvalue weighted by Gasteiger charge is -2.09. The molecule has 1 unspecified atom stereocenters. The molecule has 3 rings (SSSR count). The van der Waals surface area contributed by atoms with Gasteiger partial charge in [-0.15, -0.1) is 0 Å². The van der Waals surface area contributed by atoms with Gasteiger partial charge in [-0.05, 0) is 60.6 Å². The molecule has 1 fully saturated rings. The summed E-state index contributed by atoms with van der Waals surface area (Å²) in [6.07, 6.45) is 6.68. The Hall–Kier alpha value is -1.61. The van der Waals surface area contributed by atoms with Gasteiger partial charge < -0.3 is 10.3 Å². The van der Waals surface area contributed by atoms with E-state index in [4.69, 9.17) is 5.73 Å². The van der Waals surface area contributed by atoms with E-state index in [-0.39, 0.29) is 11.9 Å². The predicted octanol–water partition coefficient (Wildman–Crippen LogP) is 3.39. The summed E-state index contributed by atoms with van der Waals surface area (Å²) < 4.78 is 15.2. The second-order valence-electron chi connectivity index (χ2n) is 5.55. The van der Waals surface area contributed by atoms with Gasteiger partial charge >= 0.3 is 0 Å². The summed E-state index contributed by atoms with van der Waals surface area (Å²) in [4.78, 5) is 0. The first kappa shape index (κ1) is 12.4. The van der Waals surface area contributed by atoms with E-state index in [2.05, 4.69) is 23.0 Å². The molecule has 1 aliphatic rings. The van der Waals surface area contributed by atoms with Gasteiger partial charge in [0.1, 0.15) is 5.82 Å². The second kappa shape index (κ2) is 4.82. The Kier molecular flexibility index (Phi) is 3.15. The van der Waals surface area contributed by atoms with E-state index in [0.717, 1.165) is 17.7 Å². The van der Waals surface area contributed by atoms with Crippen LogP contribution in [0.15, 0.2) is 36.7 Å². The minimum absolute atomic E-state index is 0.176. The van der Waals surface area contributed by atoms with Crippen molar-refractivity contribution in [3.05, 3.63) is 59.2 Å². The van der Waals surface area contributed by atoms with E-state index in [0.29, 0.717) is 5.92 Å². The first-order chi connectivity index (χ1) is 9.13.